The second kappa shape index (κ2) is 32.2. The predicted molar refractivity (Wildman–Crippen MR) is 319 cm³/mol. The largest absolute Gasteiger partial charge is 1.00 e. The summed E-state index contributed by atoms with van der Waals surface area (Å²) >= 11 is 0. The van der Waals surface area contributed by atoms with Crippen molar-refractivity contribution in [2.24, 2.45) is 27.1 Å². The number of nitrogens with zero attached hydrogens (tertiary/aromatic N) is 24. The monoisotopic (exact) mass is 1200 g/mol. The lowest BCUT2D eigenvalue weighted by Crippen LogP contribution is -3.00. The zero-order valence-electron chi connectivity index (χ0n) is 51.2. The van der Waals surface area contributed by atoms with Crippen LogP contribution in [0.2, 0.25) is 0 Å². The van der Waals surface area contributed by atoms with Gasteiger partial charge in [0.2, 0.25) is 45.0 Å². The van der Waals surface area contributed by atoms with Crippen molar-refractivity contribution >= 4 is 61.8 Å². The summed E-state index contributed by atoms with van der Waals surface area (Å²) in [6.07, 6.45) is 0. The van der Waals surface area contributed by atoms with E-state index in [-0.39, 0.29) is 24.8 Å². The van der Waals surface area contributed by atoms with Gasteiger partial charge in [-0.15, -0.1) is 0 Å². The molecular formula is C36H110Cl2N24P8. The SMILES string of the molecule is CN(C)P(=N[PH+](N=P(N(C)C)(N(C)C)N(C)C)N=P(N(C)C)(N(C)C)N(C)C)(N(C)C)N(C)C.CN(C)P(=N[PH+](N=P(N(C)C)(N(C)C)N(C)C)N=P(N(C)C)(N(C)C)N(C)C)(N(C)C)N(C)C.[Cl-].[Cl-]. The van der Waals surface area contributed by atoms with Gasteiger partial charge < -0.3 is 24.8 Å². The third kappa shape index (κ3) is 17.1. The molecule has 0 fully saturated rings. The normalized spacial score (nSPS) is 14.1. The summed E-state index contributed by atoms with van der Waals surface area (Å²) in [6, 6.07) is 0. The van der Waals surface area contributed by atoms with Gasteiger partial charge in [-0.05, 0) is 254 Å². The highest BCUT2D eigenvalue weighted by Gasteiger charge is 2.44. The Morgan fingerprint density at radius 2 is 0.214 bits per heavy atom. The molecule has 0 N–H and O–H groups in total. The Bertz CT molecular complexity index is 1370. The first kappa shape index (κ1) is 78.6. The molecule has 0 atom stereocenters. The van der Waals surface area contributed by atoms with Crippen LogP contribution in [-0.4, -0.2) is 338 Å². The molecule has 0 aromatic carbocycles. The second-order valence-corrected chi connectivity index (χ2v) is 46.5. The van der Waals surface area contributed by atoms with Crippen LogP contribution in [0.3, 0.4) is 0 Å². The molecule has 0 radical (unpaired) electrons. The molecule has 0 bridgehead atoms. The molecule has 0 aliphatic carbocycles. The van der Waals surface area contributed by atoms with Gasteiger partial charge in [-0.2, -0.15) is 0 Å². The van der Waals surface area contributed by atoms with Gasteiger partial charge in [0.15, 0.2) is 0 Å². The molecule has 0 unspecified atom stereocenters. The van der Waals surface area contributed by atoms with Crippen LogP contribution in [0, 0.1) is 0 Å². The number of halogens is 2. The maximum atomic E-state index is 5.62. The lowest BCUT2D eigenvalue weighted by atomic mass is 11.2. The summed E-state index contributed by atoms with van der Waals surface area (Å²) in [5, 5.41) is 0. The summed E-state index contributed by atoms with van der Waals surface area (Å²) in [7, 11) is 58.6. The Kier molecular flexibility index (Phi) is 36.2. The third-order valence-corrected chi connectivity index (χ3v) is 41.1. The molecule has 0 rings (SSSR count). The summed E-state index contributed by atoms with van der Waals surface area (Å²) in [5.74, 6) is 0. The fraction of sp³-hybridized carbons (Fsp3) is 1.00. The van der Waals surface area contributed by atoms with Gasteiger partial charge in [0.25, 0.3) is 0 Å². The van der Waals surface area contributed by atoms with Crippen molar-refractivity contribution in [3.8, 4) is 0 Å². The quantitative estimate of drug-likeness (QED) is 0.130. The molecule has 0 aromatic heterocycles. The smallest absolute Gasteiger partial charge is 0.360 e. The first-order chi connectivity index (χ1) is 30.6. The van der Waals surface area contributed by atoms with Crippen LogP contribution >= 0.6 is 61.8 Å². The average molecular weight is 1200 g/mol. The van der Waals surface area contributed by atoms with Crippen molar-refractivity contribution in [3.63, 3.8) is 0 Å². The van der Waals surface area contributed by atoms with Crippen LogP contribution in [-0.2, 0) is 0 Å². The molecule has 34 heteroatoms. The van der Waals surface area contributed by atoms with E-state index >= 15 is 0 Å². The number of rotatable bonds is 24. The molecule has 0 spiro atoms. The van der Waals surface area contributed by atoms with Crippen molar-refractivity contribution in [1.29, 1.82) is 0 Å². The number of hydrogen-bond donors (Lipinski definition) is 0. The van der Waals surface area contributed by atoms with Crippen LogP contribution in [0.15, 0.2) is 27.1 Å². The highest BCUT2D eigenvalue weighted by atomic mass is 35.5. The van der Waals surface area contributed by atoms with E-state index in [1.54, 1.807) is 0 Å². The lowest BCUT2D eigenvalue weighted by Gasteiger charge is -2.42. The first-order valence-electron chi connectivity index (χ1n) is 22.2. The van der Waals surface area contributed by atoms with Crippen molar-refractivity contribution in [1.82, 2.24) is 84.1 Å². The first-order valence-corrected chi connectivity index (χ1v) is 34.5. The van der Waals surface area contributed by atoms with Gasteiger partial charge in [-0.25, -0.2) is 84.1 Å². The van der Waals surface area contributed by atoms with E-state index in [0.717, 1.165) is 0 Å². The van der Waals surface area contributed by atoms with Gasteiger partial charge in [-0.3, -0.25) is 0 Å². The average Bonchev–Trinajstić information content (AvgIpc) is 3.14. The van der Waals surface area contributed by atoms with Crippen molar-refractivity contribution < 1.29 is 24.8 Å². The van der Waals surface area contributed by atoms with E-state index in [9.17, 15) is 0 Å². The molecule has 24 nitrogen and oxygen atoms in total. The fourth-order valence-corrected chi connectivity index (χ4v) is 43.5. The summed E-state index contributed by atoms with van der Waals surface area (Å²) in [6.45, 7) is 0. The maximum absolute atomic E-state index is 5.62. The van der Waals surface area contributed by atoms with Gasteiger partial charge in [0.05, 0.1) is 0 Å². The van der Waals surface area contributed by atoms with Gasteiger partial charge in [-0.1, -0.05) is 27.1 Å². The van der Waals surface area contributed by atoms with Crippen molar-refractivity contribution in [3.05, 3.63) is 0 Å². The Hall–Kier alpha value is 2.10. The van der Waals surface area contributed by atoms with E-state index in [2.05, 4.69) is 338 Å². The van der Waals surface area contributed by atoms with Crippen molar-refractivity contribution in [2.75, 3.05) is 254 Å². The van der Waals surface area contributed by atoms with Crippen LogP contribution in [0.5, 0.6) is 0 Å². The standard InChI is InChI=1S/2C18H54N12P4.2ClH/c2*1-22(2)32(23(3)4,24(5)6)19-31(20-33(25(7)8,26(9)10)27(11)12)21-34(28(13)14,29(15)16)30(17)18;;/h2*1-18H3;2*1H. The summed E-state index contributed by atoms with van der Waals surface area (Å²) < 4.78 is 74.1. The molecule has 70 heavy (non-hydrogen) atoms. The summed E-state index contributed by atoms with van der Waals surface area (Å²) in [5.41, 5.74) is 0. The molecule has 0 aliphatic rings. The predicted octanol–water partition coefficient (Wildman–Crippen LogP) is 1.69. The van der Waals surface area contributed by atoms with Crippen LogP contribution in [0.1, 0.15) is 0 Å². The fourth-order valence-electron chi connectivity index (χ4n) is 8.89. The van der Waals surface area contributed by atoms with Crippen LogP contribution < -0.4 is 24.8 Å². The minimum atomic E-state index is -2.21. The Morgan fingerprint density at radius 1 is 0.157 bits per heavy atom. The molecule has 0 saturated carbocycles. The minimum Gasteiger partial charge on any atom is -1.00 e. The molecule has 0 heterocycles. The highest BCUT2D eigenvalue weighted by molar-refractivity contribution is 7.77. The Morgan fingerprint density at radius 3 is 0.257 bits per heavy atom. The second-order valence-electron chi connectivity index (χ2n) is 19.7. The minimum absolute atomic E-state index is 0. The highest BCUT2D eigenvalue weighted by Crippen LogP contribution is 2.74. The zero-order valence-corrected chi connectivity index (χ0v) is 60.1. The topological polar surface area (TPSA) is 132 Å². The van der Waals surface area contributed by atoms with E-state index in [1.807, 2.05) is 0 Å². The van der Waals surface area contributed by atoms with Crippen LogP contribution in [0.4, 0.5) is 0 Å². The van der Waals surface area contributed by atoms with Crippen LogP contribution in [0.25, 0.3) is 0 Å². The molecule has 0 saturated heterocycles. The number of hydrogen-bond acceptors (Lipinski definition) is 6. The van der Waals surface area contributed by atoms with Crippen molar-refractivity contribution in [2.45, 2.75) is 0 Å². The molecule has 428 valence electrons. The maximum Gasteiger partial charge on any atom is 0.360 e. The van der Waals surface area contributed by atoms with E-state index < -0.39 is 61.8 Å². The lowest BCUT2D eigenvalue weighted by molar-refractivity contribution is -0.001000. The van der Waals surface area contributed by atoms with E-state index in [4.69, 9.17) is 27.1 Å². The van der Waals surface area contributed by atoms with E-state index in [1.165, 1.54) is 0 Å². The van der Waals surface area contributed by atoms with Gasteiger partial charge in [0.1, 0.15) is 0 Å². The molecule has 0 amide bonds. The molecular weight excluding hydrogens is 1090 g/mol. The Balaban J connectivity index is -0.000000605. The van der Waals surface area contributed by atoms with Gasteiger partial charge in [0, 0.05) is 0 Å². The molecule has 0 aromatic rings. The third-order valence-electron chi connectivity index (χ3n) is 11.0. The molecule has 0 aliphatic heterocycles. The summed E-state index contributed by atoms with van der Waals surface area (Å²) in [4.78, 5) is 0. The van der Waals surface area contributed by atoms with E-state index in [0.29, 0.717) is 0 Å². The Labute approximate surface area is 449 Å². The zero-order chi connectivity index (χ0) is 54.8. The van der Waals surface area contributed by atoms with Gasteiger partial charge >= 0.3 is 16.7 Å².